The van der Waals surface area contributed by atoms with Crippen LogP contribution in [0.4, 0.5) is 0 Å². The lowest BCUT2D eigenvalue weighted by molar-refractivity contribution is 0.210. The van der Waals surface area contributed by atoms with Gasteiger partial charge in [0.05, 0.1) is 24.6 Å². The average Bonchev–Trinajstić information content (AvgIpc) is 3.51. The van der Waals surface area contributed by atoms with Crippen molar-refractivity contribution in [3.63, 3.8) is 0 Å². The zero-order chi connectivity index (χ0) is 22.0. The molecule has 7 heteroatoms. The minimum absolute atomic E-state index is 0.111. The summed E-state index contributed by atoms with van der Waals surface area (Å²) in [6.45, 7) is 0. The lowest BCUT2D eigenvalue weighted by atomic mass is 10.2. The fourth-order valence-corrected chi connectivity index (χ4v) is 4.02. The number of nitrogens with two attached hydrogens (primary N) is 1. The number of hydrogen-bond donors (Lipinski definition) is 2. The summed E-state index contributed by atoms with van der Waals surface area (Å²) in [5, 5.41) is 12.0. The van der Waals surface area contributed by atoms with Crippen molar-refractivity contribution >= 4 is 18.4 Å². The molecule has 32 heavy (non-hydrogen) atoms. The van der Waals surface area contributed by atoms with Crippen LogP contribution in [-0.4, -0.2) is 30.6 Å². The average molecular weight is 434 g/mol. The van der Waals surface area contributed by atoms with Crippen molar-refractivity contribution in [2.24, 2.45) is 21.0 Å². The summed E-state index contributed by atoms with van der Waals surface area (Å²) >= 11 is 0. The van der Waals surface area contributed by atoms with Crippen LogP contribution in [0.5, 0.6) is 11.5 Å². The summed E-state index contributed by atoms with van der Waals surface area (Å²) in [5.74, 6) is 1.90. The molecule has 2 aromatic carbocycles. The second kappa shape index (κ2) is 11.3. The molecule has 0 atom stereocenters. The first kappa shape index (κ1) is 21.9. The summed E-state index contributed by atoms with van der Waals surface area (Å²) in [5.41, 5.74) is 10.3. The molecule has 0 spiro atoms. The van der Waals surface area contributed by atoms with Crippen molar-refractivity contribution in [2.45, 2.75) is 63.6 Å². The molecule has 3 N–H and O–H groups in total. The van der Waals surface area contributed by atoms with Crippen molar-refractivity contribution in [1.82, 2.24) is 5.43 Å². The first-order valence-corrected chi connectivity index (χ1v) is 11.4. The first-order valence-electron chi connectivity index (χ1n) is 11.4. The molecule has 2 saturated carbocycles. The highest BCUT2D eigenvalue weighted by Gasteiger charge is 2.16. The molecule has 0 bridgehead atoms. The van der Waals surface area contributed by atoms with Crippen molar-refractivity contribution in [2.75, 3.05) is 0 Å². The van der Waals surface area contributed by atoms with Crippen LogP contribution in [-0.2, 0) is 0 Å². The first-order chi connectivity index (χ1) is 15.7. The van der Waals surface area contributed by atoms with Gasteiger partial charge in [-0.1, -0.05) is 0 Å². The number of hydrogen-bond acceptors (Lipinski definition) is 5. The van der Waals surface area contributed by atoms with E-state index in [9.17, 15) is 0 Å². The highest BCUT2D eigenvalue weighted by atomic mass is 16.5. The van der Waals surface area contributed by atoms with Crippen LogP contribution in [0, 0.1) is 0 Å². The normalized spacial score (nSPS) is 18.1. The van der Waals surface area contributed by atoms with Gasteiger partial charge < -0.3 is 15.2 Å². The molecule has 2 aliphatic carbocycles. The Morgan fingerprint density at radius 3 is 1.72 bits per heavy atom. The maximum Gasteiger partial charge on any atom is 0.234 e. The molecule has 0 heterocycles. The number of nitrogens with one attached hydrogen (secondary N) is 1. The van der Waals surface area contributed by atoms with E-state index in [1.165, 1.54) is 25.7 Å². The molecule has 2 fully saturated rings. The van der Waals surface area contributed by atoms with E-state index in [2.05, 4.69) is 20.7 Å². The number of benzene rings is 2. The van der Waals surface area contributed by atoms with E-state index in [0.29, 0.717) is 12.2 Å². The Bertz CT molecular complexity index is 926. The summed E-state index contributed by atoms with van der Waals surface area (Å²) in [4.78, 5) is 0. The molecular formula is C25H31N5O2. The summed E-state index contributed by atoms with van der Waals surface area (Å²) < 4.78 is 11.9. The number of nitrogens with zero attached hydrogens (tertiary/aromatic N) is 3. The minimum Gasteiger partial charge on any atom is -0.490 e. The predicted octanol–water partition coefficient (Wildman–Crippen LogP) is 4.60. The quantitative estimate of drug-likeness (QED) is 0.361. The van der Waals surface area contributed by atoms with Gasteiger partial charge in [-0.15, -0.1) is 5.10 Å². The van der Waals surface area contributed by atoms with E-state index in [4.69, 9.17) is 15.2 Å². The number of guanidine groups is 1. The standard InChI is InChI=1S/C25H31N5O2/c26-25(29-27-17-19-9-13-23(14-10-19)31-21-5-1-2-6-21)30-28-18-20-11-15-24(16-12-20)32-22-7-3-4-8-22/h9-18,21-22H,1-8H2,(H3,26,29,30). The van der Waals surface area contributed by atoms with Crippen molar-refractivity contribution in [3.05, 3.63) is 59.7 Å². The second-order valence-corrected chi connectivity index (χ2v) is 8.29. The molecule has 4 rings (SSSR count). The monoisotopic (exact) mass is 433 g/mol. The SMILES string of the molecule is N/C(=N\N=Cc1ccc(OC2CCCC2)cc1)NN=Cc1ccc(OC2CCCC2)cc1. The fourth-order valence-electron chi connectivity index (χ4n) is 4.02. The van der Waals surface area contributed by atoms with Gasteiger partial charge in [0.15, 0.2) is 0 Å². The number of ether oxygens (including phenoxy) is 2. The molecule has 7 nitrogen and oxygen atoms in total. The summed E-state index contributed by atoms with van der Waals surface area (Å²) in [6.07, 6.45) is 13.6. The van der Waals surface area contributed by atoms with Crippen LogP contribution in [0.1, 0.15) is 62.5 Å². The smallest absolute Gasteiger partial charge is 0.234 e. The van der Waals surface area contributed by atoms with Gasteiger partial charge in [0.2, 0.25) is 5.96 Å². The maximum absolute atomic E-state index is 5.97. The Morgan fingerprint density at radius 1 is 0.750 bits per heavy atom. The summed E-state index contributed by atoms with van der Waals surface area (Å²) in [6, 6.07) is 15.7. The second-order valence-electron chi connectivity index (χ2n) is 8.29. The molecule has 0 saturated heterocycles. The minimum atomic E-state index is 0.111. The van der Waals surface area contributed by atoms with Crippen LogP contribution in [0.15, 0.2) is 63.8 Å². The third-order valence-electron chi connectivity index (χ3n) is 5.74. The third kappa shape index (κ3) is 6.83. The molecule has 168 valence electrons. The van der Waals surface area contributed by atoms with E-state index < -0.39 is 0 Å². The zero-order valence-electron chi connectivity index (χ0n) is 18.3. The van der Waals surface area contributed by atoms with Gasteiger partial charge in [0.1, 0.15) is 11.5 Å². The van der Waals surface area contributed by atoms with Crippen LogP contribution < -0.4 is 20.6 Å². The van der Waals surface area contributed by atoms with Gasteiger partial charge in [-0.05, 0) is 111 Å². The van der Waals surface area contributed by atoms with Crippen LogP contribution in [0.3, 0.4) is 0 Å². The van der Waals surface area contributed by atoms with Gasteiger partial charge >= 0.3 is 0 Å². The Labute approximate surface area is 189 Å². The Morgan fingerprint density at radius 2 is 1.22 bits per heavy atom. The molecule has 2 aromatic rings. The van der Waals surface area contributed by atoms with Gasteiger partial charge in [-0.2, -0.15) is 10.2 Å². The molecular weight excluding hydrogens is 402 g/mol. The topological polar surface area (TPSA) is 93.6 Å². The summed E-state index contributed by atoms with van der Waals surface area (Å²) in [7, 11) is 0. The third-order valence-corrected chi connectivity index (χ3v) is 5.74. The van der Waals surface area contributed by atoms with E-state index in [-0.39, 0.29) is 5.96 Å². The van der Waals surface area contributed by atoms with E-state index in [1.54, 1.807) is 12.4 Å². The van der Waals surface area contributed by atoms with Gasteiger partial charge in [0.25, 0.3) is 0 Å². The fraction of sp³-hybridized carbons (Fsp3) is 0.400. The van der Waals surface area contributed by atoms with Crippen molar-refractivity contribution in [3.8, 4) is 11.5 Å². The number of hydrazone groups is 1. The maximum atomic E-state index is 5.97. The van der Waals surface area contributed by atoms with E-state index >= 15 is 0 Å². The largest absolute Gasteiger partial charge is 0.490 e. The highest BCUT2D eigenvalue weighted by molar-refractivity contribution is 5.84. The van der Waals surface area contributed by atoms with Crippen molar-refractivity contribution < 1.29 is 9.47 Å². The van der Waals surface area contributed by atoms with Gasteiger partial charge in [-0.25, -0.2) is 5.43 Å². The molecule has 0 aromatic heterocycles. The Hall–Kier alpha value is -3.35. The Kier molecular flexibility index (Phi) is 7.74. The van der Waals surface area contributed by atoms with Crippen LogP contribution in [0.2, 0.25) is 0 Å². The van der Waals surface area contributed by atoms with Crippen molar-refractivity contribution in [1.29, 1.82) is 0 Å². The lowest BCUT2D eigenvalue weighted by Gasteiger charge is -2.12. The molecule has 2 aliphatic rings. The van der Waals surface area contributed by atoms with Crippen LogP contribution in [0.25, 0.3) is 0 Å². The van der Waals surface area contributed by atoms with Gasteiger partial charge in [0, 0.05) is 0 Å². The van der Waals surface area contributed by atoms with Crippen LogP contribution >= 0.6 is 0 Å². The molecule has 0 unspecified atom stereocenters. The molecule has 0 aliphatic heterocycles. The Balaban J connectivity index is 1.21. The van der Waals surface area contributed by atoms with Gasteiger partial charge in [-0.3, -0.25) is 0 Å². The molecule has 0 radical (unpaired) electrons. The highest BCUT2D eigenvalue weighted by Crippen LogP contribution is 2.25. The van der Waals surface area contributed by atoms with E-state index in [1.807, 2.05) is 48.5 Å². The zero-order valence-corrected chi connectivity index (χ0v) is 18.3. The predicted molar refractivity (Wildman–Crippen MR) is 129 cm³/mol. The molecule has 0 amide bonds. The lowest BCUT2D eigenvalue weighted by Crippen LogP contribution is -2.26. The van der Waals surface area contributed by atoms with E-state index in [0.717, 1.165) is 48.3 Å². The number of rotatable bonds is 8.